The van der Waals surface area contributed by atoms with E-state index in [1.54, 1.807) is 0 Å². The number of amides is 1. The summed E-state index contributed by atoms with van der Waals surface area (Å²) in [7, 11) is 3.81. The quantitative estimate of drug-likeness (QED) is 0.797. The van der Waals surface area contributed by atoms with Crippen molar-refractivity contribution in [3.8, 4) is 0 Å². The molecule has 2 heterocycles. The Labute approximate surface area is 138 Å². The molecule has 0 saturated heterocycles. The van der Waals surface area contributed by atoms with Gasteiger partial charge in [-0.3, -0.25) is 4.79 Å². The third-order valence-corrected chi connectivity index (χ3v) is 4.10. The molecule has 0 unspecified atom stereocenters. The molecule has 0 aliphatic rings. The zero-order valence-electron chi connectivity index (χ0n) is 13.1. The van der Waals surface area contributed by atoms with Crippen LogP contribution in [0, 0.1) is 0 Å². The van der Waals surface area contributed by atoms with E-state index in [4.69, 9.17) is 0 Å². The van der Waals surface area contributed by atoms with Crippen LogP contribution in [0.25, 0.3) is 10.9 Å². The first-order valence-corrected chi connectivity index (χ1v) is 8.05. The number of anilines is 1. The highest BCUT2D eigenvalue weighted by molar-refractivity contribution is 7.03. The maximum Gasteiger partial charge on any atom is 0.252 e. The summed E-state index contributed by atoms with van der Waals surface area (Å²) in [4.78, 5) is 19.2. The van der Waals surface area contributed by atoms with E-state index in [1.165, 1.54) is 11.5 Å². The lowest BCUT2D eigenvalue weighted by Crippen LogP contribution is -2.27. The number of hydrogen-bond acceptors (Lipinski definition) is 6. The molecule has 6 nitrogen and oxygen atoms in total. The molecule has 1 amide bonds. The summed E-state index contributed by atoms with van der Waals surface area (Å²) >= 11 is 1.27. The minimum Gasteiger partial charge on any atom is -0.363 e. The molecular formula is C16H17N5OS. The average Bonchev–Trinajstić information content (AvgIpc) is 3.08. The monoisotopic (exact) mass is 327 g/mol. The minimum atomic E-state index is -0.198. The lowest BCUT2D eigenvalue weighted by atomic mass is 10.1. The topological polar surface area (TPSA) is 71.0 Å². The summed E-state index contributed by atoms with van der Waals surface area (Å²) in [6.45, 7) is 1.89. The molecule has 0 radical (unpaired) electrons. The SMILES string of the molecule is C[C@@H](NC(=O)c1cc(N(C)C)nc2ccccc12)c1csnn1. The Hall–Kier alpha value is -2.54. The van der Waals surface area contributed by atoms with Crippen molar-refractivity contribution in [3.63, 3.8) is 0 Å². The Morgan fingerprint density at radius 2 is 2.09 bits per heavy atom. The second-order valence-corrected chi connectivity index (χ2v) is 6.07. The fourth-order valence-corrected chi connectivity index (χ4v) is 2.84. The van der Waals surface area contributed by atoms with Crippen molar-refractivity contribution in [2.45, 2.75) is 13.0 Å². The molecule has 1 aromatic carbocycles. The van der Waals surface area contributed by atoms with Gasteiger partial charge >= 0.3 is 0 Å². The second-order valence-electron chi connectivity index (χ2n) is 5.46. The average molecular weight is 327 g/mol. The maximum atomic E-state index is 12.7. The van der Waals surface area contributed by atoms with Crippen LogP contribution in [-0.2, 0) is 0 Å². The van der Waals surface area contributed by atoms with Crippen LogP contribution in [0.2, 0.25) is 0 Å². The lowest BCUT2D eigenvalue weighted by Gasteiger charge is -2.16. The molecular weight excluding hydrogens is 310 g/mol. The van der Waals surface area contributed by atoms with Gasteiger partial charge in [-0.05, 0) is 30.6 Å². The summed E-state index contributed by atoms with van der Waals surface area (Å²) in [5.41, 5.74) is 2.16. The van der Waals surface area contributed by atoms with Crippen molar-refractivity contribution < 1.29 is 4.79 Å². The minimum absolute atomic E-state index is 0.146. The Kier molecular flexibility index (Phi) is 4.20. The van der Waals surface area contributed by atoms with Crippen LogP contribution >= 0.6 is 11.5 Å². The number of carbonyl (C=O) groups excluding carboxylic acids is 1. The van der Waals surface area contributed by atoms with Gasteiger partial charge in [0.15, 0.2) is 0 Å². The van der Waals surface area contributed by atoms with Crippen molar-refractivity contribution in [1.82, 2.24) is 19.9 Å². The highest BCUT2D eigenvalue weighted by Gasteiger charge is 2.17. The number of para-hydroxylation sites is 1. The molecule has 0 fully saturated rings. The largest absolute Gasteiger partial charge is 0.363 e. The van der Waals surface area contributed by atoms with E-state index in [0.717, 1.165) is 22.4 Å². The Bertz CT molecular complexity index is 832. The number of hydrogen-bond donors (Lipinski definition) is 1. The molecule has 0 aliphatic heterocycles. The molecule has 1 N–H and O–H groups in total. The van der Waals surface area contributed by atoms with E-state index in [-0.39, 0.29) is 11.9 Å². The van der Waals surface area contributed by atoms with Crippen LogP contribution in [0.1, 0.15) is 29.0 Å². The van der Waals surface area contributed by atoms with Crippen LogP contribution in [-0.4, -0.2) is 34.6 Å². The molecule has 0 spiro atoms. The summed E-state index contributed by atoms with van der Waals surface area (Å²) in [5, 5.41) is 9.65. The molecule has 118 valence electrons. The predicted molar refractivity (Wildman–Crippen MR) is 91.9 cm³/mol. The highest BCUT2D eigenvalue weighted by Crippen LogP contribution is 2.23. The van der Waals surface area contributed by atoms with Gasteiger partial charge in [0.1, 0.15) is 5.82 Å². The number of benzene rings is 1. The second kappa shape index (κ2) is 6.29. The highest BCUT2D eigenvalue weighted by atomic mass is 32.1. The van der Waals surface area contributed by atoms with Crippen molar-refractivity contribution in [2.75, 3.05) is 19.0 Å². The Morgan fingerprint density at radius 3 is 2.78 bits per heavy atom. The number of nitrogens with zero attached hydrogens (tertiary/aromatic N) is 4. The first-order chi connectivity index (χ1) is 11.1. The maximum absolute atomic E-state index is 12.7. The number of nitrogens with one attached hydrogen (secondary N) is 1. The van der Waals surface area contributed by atoms with Crippen molar-refractivity contribution in [2.24, 2.45) is 0 Å². The van der Waals surface area contributed by atoms with Gasteiger partial charge in [0.25, 0.3) is 5.91 Å². The standard InChI is InChI=1S/C16H17N5OS/c1-10(14-9-23-20-19-14)17-16(22)12-8-15(21(2)3)18-13-7-5-4-6-11(12)13/h4-10H,1-3H3,(H,17,22)/t10-/m1/s1. The fraction of sp³-hybridized carbons (Fsp3) is 0.250. The van der Waals surface area contributed by atoms with E-state index in [2.05, 4.69) is 19.9 Å². The molecule has 3 aromatic rings. The fourth-order valence-electron chi connectivity index (χ4n) is 2.29. The molecule has 23 heavy (non-hydrogen) atoms. The van der Waals surface area contributed by atoms with Crippen LogP contribution in [0.3, 0.4) is 0 Å². The van der Waals surface area contributed by atoms with Crippen LogP contribution in [0.15, 0.2) is 35.7 Å². The third-order valence-electron chi connectivity index (χ3n) is 3.57. The van der Waals surface area contributed by atoms with E-state index < -0.39 is 0 Å². The number of carbonyl (C=O) groups is 1. The zero-order chi connectivity index (χ0) is 16.4. The van der Waals surface area contributed by atoms with E-state index in [9.17, 15) is 4.79 Å². The Morgan fingerprint density at radius 1 is 1.30 bits per heavy atom. The van der Waals surface area contributed by atoms with Gasteiger partial charge in [-0.25, -0.2) is 4.98 Å². The number of pyridine rings is 1. The number of aromatic nitrogens is 3. The van der Waals surface area contributed by atoms with Gasteiger partial charge < -0.3 is 10.2 Å². The van der Waals surface area contributed by atoms with Gasteiger partial charge in [0.2, 0.25) is 0 Å². The first-order valence-electron chi connectivity index (χ1n) is 7.21. The Balaban J connectivity index is 1.99. The summed E-state index contributed by atoms with van der Waals surface area (Å²) in [6, 6.07) is 9.25. The van der Waals surface area contributed by atoms with Gasteiger partial charge in [-0.15, -0.1) is 5.10 Å². The van der Waals surface area contributed by atoms with Gasteiger partial charge in [0, 0.05) is 24.9 Å². The molecule has 2 aromatic heterocycles. The van der Waals surface area contributed by atoms with Crippen molar-refractivity contribution >= 4 is 34.2 Å². The molecule has 0 aliphatic carbocycles. The zero-order valence-corrected chi connectivity index (χ0v) is 14.0. The number of fused-ring (bicyclic) bond motifs is 1. The lowest BCUT2D eigenvalue weighted by molar-refractivity contribution is 0.0941. The molecule has 0 saturated carbocycles. The van der Waals surface area contributed by atoms with Crippen LogP contribution in [0.5, 0.6) is 0 Å². The van der Waals surface area contributed by atoms with Crippen molar-refractivity contribution in [1.29, 1.82) is 0 Å². The molecule has 0 bridgehead atoms. The van der Waals surface area contributed by atoms with Gasteiger partial charge in [-0.1, -0.05) is 22.7 Å². The van der Waals surface area contributed by atoms with Gasteiger partial charge in [-0.2, -0.15) is 0 Å². The number of rotatable bonds is 4. The van der Waals surface area contributed by atoms with Crippen LogP contribution < -0.4 is 10.2 Å². The summed E-state index contributed by atoms with van der Waals surface area (Å²) in [6.07, 6.45) is 0. The third kappa shape index (κ3) is 3.14. The summed E-state index contributed by atoms with van der Waals surface area (Å²) in [5.74, 6) is 0.601. The van der Waals surface area contributed by atoms with Gasteiger partial charge in [0.05, 0.1) is 22.8 Å². The van der Waals surface area contributed by atoms with E-state index in [1.807, 2.05) is 61.6 Å². The van der Waals surface area contributed by atoms with Crippen LogP contribution in [0.4, 0.5) is 5.82 Å². The molecule has 1 atom stereocenters. The summed E-state index contributed by atoms with van der Waals surface area (Å²) < 4.78 is 3.83. The molecule has 3 rings (SSSR count). The molecule has 7 heteroatoms. The normalized spacial score (nSPS) is 12.1. The predicted octanol–water partition coefficient (Wildman–Crippen LogP) is 2.64. The smallest absolute Gasteiger partial charge is 0.252 e. The van der Waals surface area contributed by atoms with E-state index in [0.29, 0.717) is 5.56 Å². The van der Waals surface area contributed by atoms with Crippen molar-refractivity contribution in [3.05, 3.63) is 47.0 Å². The van der Waals surface area contributed by atoms with E-state index >= 15 is 0 Å². The first kappa shape index (κ1) is 15.4.